The summed E-state index contributed by atoms with van der Waals surface area (Å²) < 4.78 is 5.69. The molecule has 1 unspecified atom stereocenters. The van der Waals surface area contributed by atoms with E-state index in [0.717, 1.165) is 24.2 Å². The Morgan fingerprint density at radius 3 is 2.41 bits per heavy atom. The smallest absolute Gasteiger partial charge is 0.244 e. The van der Waals surface area contributed by atoms with Gasteiger partial charge in [0.25, 0.3) is 0 Å². The molecule has 1 heterocycles. The summed E-state index contributed by atoms with van der Waals surface area (Å²) in [5, 5.41) is 1.90. The van der Waals surface area contributed by atoms with Gasteiger partial charge in [0.2, 0.25) is 5.91 Å². The summed E-state index contributed by atoms with van der Waals surface area (Å²) in [4.78, 5) is 12.2. The minimum Gasteiger partial charge on any atom is -0.376 e. The molecule has 22 heavy (non-hydrogen) atoms. The monoisotopic (exact) mass is 296 g/mol. The zero-order valence-corrected chi connectivity index (χ0v) is 12.4. The highest BCUT2D eigenvalue weighted by Gasteiger charge is 2.26. The lowest BCUT2D eigenvalue weighted by Gasteiger charge is -2.33. The fraction of sp³-hybridized carbons (Fsp3) is 0.278. The summed E-state index contributed by atoms with van der Waals surface area (Å²) in [5.74, 6) is -0.0492. The van der Waals surface area contributed by atoms with E-state index in [-0.39, 0.29) is 11.8 Å². The number of ether oxygens (including phenoxy) is 1. The number of anilines is 1. The van der Waals surface area contributed by atoms with Crippen LogP contribution in [0.15, 0.2) is 60.7 Å². The van der Waals surface area contributed by atoms with Crippen molar-refractivity contribution >= 4 is 11.6 Å². The average Bonchev–Trinajstić information content (AvgIpc) is 2.58. The molecular weight excluding hydrogens is 276 g/mol. The van der Waals surface area contributed by atoms with Gasteiger partial charge in [-0.05, 0) is 24.1 Å². The first-order valence-electron chi connectivity index (χ1n) is 7.58. The van der Waals surface area contributed by atoms with E-state index in [4.69, 9.17) is 4.74 Å². The summed E-state index contributed by atoms with van der Waals surface area (Å²) in [6.07, 6.45) is 0.801. The van der Waals surface area contributed by atoms with Crippen LogP contribution in [0.5, 0.6) is 0 Å². The molecule has 0 aliphatic carbocycles. The maximum atomic E-state index is 12.2. The molecule has 0 spiro atoms. The van der Waals surface area contributed by atoms with E-state index in [1.807, 2.05) is 65.7 Å². The van der Waals surface area contributed by atoms with Crippen LogP contribution in [-0.4, -0.2) is 19.1 Å². The number of hydrazine groups is 1. The van der Waals surface area contributed by atoms with Crippen molar-refractivity contribution in [1.82, 2.24) is 5.43 Å². The van der Waals surface area contributed by atoms with E-state index in [1.54, 1.807) is 0 Å². The van der Waals surface area contributed by atoms with Gasteiger partial charge in [-0.2, -0.15) is 0 Å². The van der Waals surface area contributed by atoms with E-state index in [0.29, 0.717) is 13.2 Å². The minimum absolute atomic E-state index is 0.0307. The molecule has 1 saturated heterocycles. The molecule has 1 N–H and O–H groups in total. The summed E-state index contributed by atoms with van der Waals surface area (Å²) in [6.45, 7) is 1.81. The Balaban J connectivity index is 1.48. The van der Waals surface area contributed by atoms with Crippen molar-refractivity contribution in [2.24, 2.45) is 5.92 Å². The number of para-hydroxylation sites is 1. The Morgan fingerprint density at radius 2 is 1.73 bits per heavy atom. The lowest BCUT2D eigenvalue weighted by Crippen LogP contribution is -2.52. The molecule has 1 atom stereocenters. The molecule has 3 rings (SSSR count). The number of amides is 1. The van der Waals surface area contributed by atoms with Crippen LogP contribution in [0, 0.1) is 5.92 Å². The van der Waals surface area contributed by atoms with Crippen molar-refractivity contribution in [3.05, 3.63) is 66.2 Å². The minimum atomic E-state index is -0.0799. The average molecular weight is 296 g/mol. The third-order valence-corrected chi connectivity index (χ3v) is 3.82. The normalized spacial score (nSPS) is 18.1. The lowest BCUT2D eigenvalue weighted by molar-refractivity contribution is -0.129. The van der Waals surface area contributed by atoms with Crippen LogP contribution >= 0.6 is 0 Å². The second-order valence-corrected chi connectivity index (χ2v) is 5.45. The number of hydrogen-bond donors (Lipinski definition) is 1. The molecule has 2 aromatic rings. The number of nitrogens with one attached hydrogen (secondary N) is 1. The molecule has 1 fully saturated rings. The van der Waals surface area contributed by atoms with E-state index in [2.05, 4.69) is 5.43 Å². The van der Waals surface area contributed by atoms with Crippen molar-refractivity contribution in [2.45, 2.75) is 13.0 Å². The van der Waals surface area contributed by atoms with E-state index in [1.165, 1.54) is 0 Å². The van der Waals surface area contributed by atoms with Crippen LogP contribution < -0.4 is 10.4 Å². The topological polar surface area (TPSA) is 41.6 Å². The molecule has 114 valence electrons. The molecule has 0 aromatic heterocycles. The van der Waals surface area contributed by atoms with Gasteiger partial charge in [-0.15, -0.1) is 0 Å². The van der Waals surface area contributed by atoms with Gasteiger partial charge in [-0.1, -0.05) is 48.5 Å². The molecule has 1 amide bonds. The highest BCUT2D eigenvalue weighted by atomic mass is 16.5. The molecule has 4 heteroatoms. The second-order valence-electron chi connectivity index (χ2n) is 5.45. The molecule has 2 aromatic carbocycles. The quantitative estimate of drug-likeness (QED) is 0.922. The van der Waals surface area contributed by atoms with Gasteiger partial charge < -0.3 is 4.74 Å². The van der Waals surface area contributed by atoms with E-state index < -0.39 is 0 Å². The van der Waals surface area contributed by atoms with Gasteiger partial charge in [-0.3, -0.25) is 15.2 Å². The molecule has 0 bridgehead atoms. The van der Waals surface area contributed by atoms with Crippen LogP contribution in [0.2, 0.25) is 0 Å². The fourth-order valence-corrected chi connectivity index (χ4v) is 2.55. The highest BCUT2D eigenvalue weighted by Crippen LogP contribution is 2.18. The van der Waals surface area contributed by atoms with Crippen molar-refractivity contribution in [3.63, 3.8) is 0 Å². The van der Waals surface area contributed by atoms with Crippen LogP contribution in [0.1, 0.15) is 12.0 Å². The lowest BCUT2D eigenvalue weighted by atomic mass is 10.0. The van der Waals surface area contributed by atoms with E-state index in [9.17, 15) is 4.79 Å². The first-order chi connectivity index (χ1) is 10.8. The molecule has 0 radical (unpaired) electrons. The Morgan fingerprint density at radius 1 is 1.05 bits per heavy atom. The van der Waals surface area contributed by atoms with Gasteiger partial charge in [-0.25, -0.2) is 0 Å². The number of carbonyl (C=O) groups excluding carboxylic acids is 1. The second kappa shape index (κ2) is 7.09. The van der Waals surface area contributed by atoms with Crippen LogP contribution in [0.25, 0.3) is 0 Å². The number of nitrogens with zero attached hydrogens (tertiary/aromatic N) is 1. The predicted octanol–water partition coefficient (Wildman–Crippen LogP) is 2.76. The van der Waals surface area contributed by atoms with Crippen molar-refractivity contribution in [3.8, 4) is 0 Å². The third kappa shape index (κ3) is 3.65. The Kier molecular flexibility index (Phi) is 4.71. The Bertz CT molecular complexity index is 599. The fourth-order valence-electron chi connectivity index (χ4n) is 2.55. The van der Waals surface area contributed by atoms with Crippen LogP contribution in [-0.2, 0) is 16.1 Å². The number of rotatable bonds is 5. The summed E-state index contributed by atoms with van der Waals surface area (Å²) >= 11 is 0. The predicted molar refractivity (Wildman–Crippen MR) is 86.1 cm³/mol. The largest absolute Gasteiger partial charge is 0.376 e. The Hall–Kier alpha value is -2.33. The number of carbonyl (C=O) groups is 1. The maximum absolute atomic E-state index is 12.2. The number of benzene rings is 2. The van der Waals surface area contributed by atoms with E-state index >= 15 is 0 Å². The summed E-state index contributed by atoms with van der Waals surface area (Å²) in [5.41, 5.74) is 5.09. The van der Waals surface area contributed by atoms with Crippen molar-refractivity contribution < 1.29 is 9.53 Å². The SMILES string of the molecule is O=C1NN(c2ccccc2)CCC1COCc1ccccc1. The Labute approximate surface area is 130 Å². The van der Waals surface area contributed by atoms with Gasteiger partial charge >= 0.3 is 0 Å². The zero-order chi connectivity index (χ0) is 15.2. The van der Waals surface area contributed by atoms with Gasteiger partial charge in [0, 0.05) is 6.54 Å². The number of hydrogen-bond acceptors (Lipinski definition) is 3. The standard InChI is InChI=1S/C18H20N2O2/c21-18-16(14-22-13-15-7-3-1-4-8-15)11-12-20(19-18)17-9-5-2-6-10-17/h1-10,16H,11-14H2,(H,19,21). The first-order valence-corrected chi connectivity index (χ1v) is 7.58. The summed E-state index contributed by atoms with van der Waals surface area (Å²) in [7, 11) is 0. The molecule has 1 aliphatic heterocycles. The molecule has 0 saturated carbocycles. The highest BCUT2D eigenvalue weighted by molar-refractivity contribution is 5.81. The van der Waals surface area contributed by atoms with Crippen molar-refractivity contribution in [2.75, 3.05) is 18.2 Å². The van der Waals surface area contributed by atoms with Gasteiger partial charge in [0.15, 0.2) is 0 Å². The molecule has 1 aliphatic rings. The first kappa shape index (κ1) is 14.6. The zero-order valence-electron chi connectivity index (χ0n) is 12.4. The van der Waals surface area contributed by atoms with Gasteiger partial charge in [0.1, 0.15) is 0 Å². The molecular formula is C18H20N2O2. The van der Waals surface area contributed by atoms with Crippen molar-refractivity contribution in [1.29, 1.82) is 0 Å². The van der Waals surface area contributed by atoms with Gasteiger partial charge in [0.05, 0.1) is 24.8 Å². The van der Waals surface area contributed by atoms with Crippen LogP contribution in [0.4, 0.5) is 5.69 Å². The summed E-state index contributed by atoms with van der Waals surface area (Å²) in [6, 6.07) is 19.9. The maximum Gasteiger partial charge on any atom is 0.244 e. The molecule has 4 nitrogen and oxygen atoms in total. The third-order valence-electron chi connectivity index (χ3n) is 3.82. The van der Waals surface area contributed by atoms with Crippen LogP contribution in [0.3, 0.4) is 0 Å².